The number of sulfone groups is 1. The number of piperazine rings is 1. The van der Waals surface area contributed by atoms with Crippen LogP contribution in [0.4, 0.5) is 19.0 Å². The molecule has 0 radical (unpaired) electrons. The number of para-hydroxylation sites is 1. The summed E-state index contributed by atoms with van der Waals surface area (Å²) in [5.74, 6) is -3.78. The van der Waals surface area contributed by atoms with Crippen molar-refractivity contribution in [3.8, 4) is 16.9 Å². The highest BCUT2D eigenvalue weighted by Crippen LogP contribution is 2.35. The zero-order chi connectivity index (χ0) is 31.9. The molecule has 3 heterocycles. The van der Waals surface area contributed by atoms with Crippen LogP contribution in [-0.2, 0) is 14.6 Å². The molecule has 5 rings (SSSR count). The highest BCUT2D eigenvalue weighted by atomic mass is 32.2. The predicted octanol–water partition coefficient (Wildman–Crippen LogP) is 3.70. The quantitative estimate of drug-likeness (QED) is 0.238. The average molecular weight is 623 g/mol. The van der Waals surface area contributed by atoms with Gasteiger partial charge >= 0.3 is 5.69 Å². The molecule has 1 atom stereocenters. The summed E-state index contributed by atoms with van der Waals surface area (Å²) in [5, 5.41) is -0.0798. The van der Waals surface area contributed by atoms with Gasteiger partial charge in [0.1, 0.15) is 29.2 Å². The Morgan fingerprint density at radius 3 is 2.43 bits per heavy atom. The fourth-order valence-corrected chi connectivity index (χ4v) is 6.30. The summed E-state index contributed by atoms with van der Waals surface area (Å²) in [6, 6.07) is 7.53. The molecule has 1 aliphatic heterocycles. The topological polar surface area (TPSA) is 110 Å². The minimum atomic E-state index is -3.94. The van der Waals surface area contributed by atoms with Gasteiger partial charge in [0.15, 0.2) is 21.3 Å². The number of anilines is 1. The van der Waals surface area contributed by atoms with Crippen LogP contribution in [0.3, 0.4) is 0 Å². The van der Waals surface area contributed by atoms with Crippen molar-refractivity contribution >= 4 is 32.6 Å². The van der Waals surface area contributed by atoms with Gasteiger partial charge in [-0.2, -0.15) is 4.98 Å². The zero-order valence-electron chi connectivity index (χ0n) is 23.6. The number of carbonyl (C=O) groups is 1. The van der Waals surface area contributed by atoms with Crippen molar-refractivity contribution < 1.29 is 26.4 Å². The van der Waals surface area contributed by atoms with Crippen LogP contribution < -0.4 is 10.6 Å². The molecule has 0 saturated carbocycles. The highest BCUT2D eigenvalue weighted by molar-refractivity contribution is 7.90. The normalized spacial score (nSPS) is 15.3. The lowest BCUT2D eigenvalue weighted by Gasteiger charge is -2.40. The third-order valence-corrected chi connectivity index (χ3v) is 8.50. The van der Waals surface area contributed by atoms with Crippen LogP contribution in [0.25, 0.3) is 32.8 Å². The van der Waals surface area contributed by atoms with Gasteiger partial charge in [-0.05, 0) is 42.8 Å². The molecule has 0 aliphatic carbocycles. The standard InChI is InChI=1S/C30H25F3N6O4S/c1-5-24(40)37-12-13-38(18(16-37)15-34-3)28-19-14-22(33)26(25-20(31)9-7-10-21(25)32)35-29(19)39(30(41)36-28)27-17(2)8-6-11-23(27)44(4,42)43/h5-11,14,18H,1,12-13,15-16H2,2,4H3/t18-/m0/s1. The van der Waals surface area contributed by atoms with Crippen LogP contribution in [0, 0.1) is 30.9 Å². The van der Waals surface area contributed by atoms with E-state index in [4.69, 9.17) is 6.57 Å². The molecule has 2 aromatic carbocycles. The molecule has 0 N–H and O–H groups in total. The number of halogens is 3. The molecule has 2 aromatic heterocycles. The van der Waals surface area contributed by atoms with Crippen molar-refractivity contribution in [3.05, 3.63) is 100 Å². The van der Waals surface area contributed by atoms with Gasteiger partial charge < -0.3 is 14.6 Å². The van der Waals surface area contributed by atoms with Crippen LogP contribution in [0.15, 0.2) is 64.8 Å². The second-order valence-corrected chi connectivity index (χ2v) is 12.2. The maximum atomic E-state index is 15.8. The fourth-order valence-electron chi connectivity index (χ4n) is 5.37. The molecule has 10 nitrogen and oxygen atoms in total. The second-order valence-electron chi connectivity index (χ2n) is 10.2. The number of hydrogen-bond acceptors (Lipinski definition) is 7. The molecule has 1 fully saturated rings. The number of rotatable bonds is 6. The SMILES string of the molecule is [C-]#[N+]C[C@H]1CN(C(=O)C=C)CCN1c1nc(=O)n(-c2c(C)cccc2S(C)(=O)=O)c2nc(-c3c(F)cccc3F)c(F)cc12. The van der Waals surface area contributed by atoms with Gasteiger partial charge in [-0.3, -0.25) is 4.79 Å². The summed E-state index contributed by atoms with van der Waals surface area (Å²) in [7, 11) is -3.94. The highest BCUT2D eigenvalue weighted by Gasteiger charge is 2.34. The van der Waals surface area contributed by atoms with E-state index in [1.54, 1.807) is 17.9 Å². The summed E-state index contributed by atoms with van der Waals surface area (Å²) in [6.45, 7) is 12.7. The number of fused-ring (bicyclic) bond motifs is 1. The molecule has 226 valence electrons. The van der Waals surface area contributed by atoms with E-state index in [0.29, 0.717) is 5.56 Å². The van der Waals surface area contributed by atoms with E-state index >= 15 is 4.39 Å². The van der Waals surface area contributed by atoms with Gasteiger partial charge in [0.25, 0.3) is 0 Å². The van der Waals surface area contributed by atoms with Crippen molar-refractivity contribution in [2.24, 2.45) is 0 Å². The monoisotopic (exact) mass is 622 g/mol. The molecule has 0 spiro atoms. The summed E-state index contributed by atoms with van der Waals surface area (Å²) in [6.07, 6.45) is 2.09. The molecule has 44 heavy (non-hydrogen) atoms. The number of pyridine rings is 1. The number of aryl methyl sites for hydroxylation is 1. The smallest absolute Gasteiger partial charge is 0.342 e. The van der Waals surface area contributed by atoms with E-state index in [9.17, 15) is 26.8 Å². The third-order valence-electron chi connectivity index (χ3n) is 7.37. The molecule has 0 bridgehead atoms. The number of hydrogen-bond donors (Lipinski definition) is 0. The van der Waals surface area contributed by atoms with Gasteiger partial charge in [-0.25, -0.2) is 42.5 Å². The van der Waals surface area contributed by atoms with Crippen molar-refractivity contribution in [2.75, 3.05) is 37.3 Å². The molecule has 14 heteroatoms. The minimum absolute atomic E-state index is 0.0734. The first-order valence-corrected chi connectivity index (χ1v) is 15.2. The number of aromatic nitrogens is 3. The summed E-state index contributed by atoms with van der Waals surface area (Å²) in [4.78, 5) is 41.0. The largest absolute Gasteiger partial charge is 0.355 e. The Hall–Kier alpha value is -5.03. The van der Waals surface area contributed by atoms with E-state index in [0.717, 1.165) is 41.2 Å². The summed E-state index contributed by atoms with van der Waals surface area (Å²) < 4.78 is 72.0. The van der Waals surface area contributed by atoms with Gasteiger partial charge in [0.05, 0.1) is 21.5 Å². The zero-order valence-corrected chi connectivity index (χ0v) is 24.4. The van der Waals surface area contributed by atoms with Crippen LogP contribution in [-0.4, -0.2) is 72.2 Å². The molecule has 1 saturated heterocycles. The Bertz CT molecular complexity index is 2040. The van der Waals surface area contributed by atoms with Crippen molar-refractivity contribution in [2.45, 2.75) is 17.9 Å². The maximum absolute atomic E-state index is 15.8. The van der Waals surface area contributed by atoms with Crippen molar-refractivity contribution in [1.82, 2.24) is 19.4 Å². The Morgan fingerprint density at radius 1 is 1.11 bits per heavy atom. The van der Waals surface area contributed by atoms with Crippen LogP contribution in [0.1, 0.15) is 5.56 Å². The summed E-state index contributed by atoms with van der Waals surface area (Å²) in [5.41, 5.74) is -2.62. The first-order valence-electron chi connectivity index (χ1n) is 13.3. The lowest BCUT2D eigenvalue weighted by Crippen LogP contribution is -2.56. The minimum Gasteiger partial charge on any atom is -0.342 e. The van der Waals surface area contributed by atoms with Crippen molar-refractivity contribution in [3.63, 3.8) is 0 Å². The van der Waals surface area contributed by atoms with E-state index < -0.39 is 50.3 Å². The van der Waals surface area contributed by atoms with Crippen molar-refractivity contribution in [1.29, 1.82) is 0 Å². The Balaban J connectivity index is 1.88. The van der Waals surface area contributed by atoms with Crippen LogP contribution in [0.5, 0.6) is 0 Å². The first-order chi connectivity index (χ1) is 20.9. The molecule has 1 amide bonds. The predicted molar refractivity (Wildman–Crippen MR) is 158 cm³/mol. The van der Waals surface area contributed by atoms with Crippen LogP contribution >= 0.6 is 0 Å². The first kappa shape index (κ1) is 30.4. The van der Waals surface area contributed by atoms with Gasteiger partial charge in [-0.1, -0.05) is 24.8 Å². The Kier molecular flexibility index (Phi) is 8.00. The van der Waals surface area contributed by atoms with Gasteiger partial charge in [0.2, 0.25) is 12.5 Å². The molecular weight excluding hydrogens is 597 g/mol. The van der Waals surface area contributed by atoms with E-state index in [-0.39, 0.29) is 59.5 Å². The van der Waals surface area contributed by atoms with Gasteiger partial charge in [0, 0.05) is 25.9 Å². The number of benzene rings is 2. The number of nitrogens with zero attached hydrogens (tertiary/aromatic N) is 6. The fraction of sp³-hybridized carbons (Fsp3) is 0.233. The average Bonchev–Trinajstić information content (AvgIpc) is 2.97. The summed E-state index contributed by atoms with van der Waals surface area (Å²) >= 11 is 0. The molecule has 0 unspecified atom stereocenters. The maximum Gasteiger partial charge on any atom is 0.355 e. The van der Waals surface area contributed by atoms with E-state index in [1.165, 1.54) is 17.0 Å². The molecule has 4 aromatic rings. The van der Waals surface area contributed by atoms with E-state index in [1.807, 2.05) is 0 Å². The molecular formula is C30H25F3N6O4S. The number of carbonyl (C=O) groups excluding carboxylic acids is 1. The van der Waals surface area contributed by atoms with E-state index in [2.05, 4.69) is 21.4 Å². The second kappa shape index (κ2) is 11.6. The van der Waals surface area contributed by atoms with Crippen LogP contribution in [0.2, 0.25) is 0 Å². The lowest BCUT2D eigenvalue weighted by molar-refractivity contribution is -0.126. The van der Waals surface area contributed by atoms with Gasteiger partial charge in [-0.15, -0.1) is 0 Å². The molecule has 1 aliphatic rings. The number of amides is 1. The lowest BCUT2D eigenvalue weighted by atomic mass is 10.1. The Morgan fingerprint density at radius 2 is 1.80 bits per heavy atom. The third kappa shape index (κ3) is 5.30. The Labute approximate surface area is 250 Å².